The molecule has 1 aliphatic carbocycles. The number of sulfonamides is 1. The van der Waals surface area contributed by atoms with Crippen molar-refractivity contribution < 1.29 is 12.8 Å². The van der Waals surface area contributed by atoms with Crippen molar-refractivity contribution >= 4 is 15.7 Å². The Bertz CT molecular complexity index is 1090. The SMILES string of the molecule is Cc1cc(C)cc(NS(=O)(=O)c2cc(-c3cnc(C4CC4)o3)ccc2C)c1. The van der Waals surface area contributed by atoms with Gasteiger partial charge in [-0.2, -0.15) is 0 Å². The second-order valence-electron chi connectivity index (χ2n) is 7.30. The van der Waals surface area contributed by atoms with Crippen molar-refractivity contribution in [2.45, 2.75) is 44.4 Å². The summed E-state index contributed by atoms with van der Waals surface area (Å²) in [6.07, 6.45) is 3.88. The zero-order valence-corrected chi connectivity index (χ0v) is 16.4. The predicted octanol–water partition coefficient (Wildman–Crippen LogP) is 4.95. The van der Waals surface area contributed by atoms with Crippen LogP contribution in [0.5, 0.6) is 0 Å². The van der Waals surface area contributed by atoms with E-state index in [1.165, 1.54) is 0 Å². The third kappa shape index (κ3) is 3.76. The third-order valence-electron chi connectivity index (χ3n) is 4.69. The predicted molar refractivity (Wildman–Crippen MR) is 105 cm³/mol. The quantitative estimate of drug-likeness (QED) is 0.678. The van der Waals surface area contributed by atoms with E-state index >= 15 is 0 Å². The fourth-order valence-corrected chi connectivity index (χ4v) is 4.54. The van der Waals surface area contributed by atoms with Gasteiger partial charge in [0.1, 0.15) is 0 Å². The first-order valence-electron chi connectivity index (χ1n) is 9.00. The number of rotatable bonds is 5. The summed E-state index contributed by atoms with van der Waals surface area (Å²) in [7, 11) is -3.72. The number of aromatic nitrogens is 1. The Morgan fingerprint density at radius 1 is 1.04 bits per heavy atom. The highest BCUT2D eigenvalue weighted by Gasteiger charge is 2.29. The van der Waals surface area contributed by atoms with Gasteiger partial charge in [0.05, 0.1) is 11.1 Å². The monoisotopic (exact) mass is 382 g/mol. The summed E-state index contributed by atoms with van der Waals surface area (Å²) in [6.45, 7) is 5.67. The number of nitrogens with zero attached hydrogens (tertiary/aromatic N) is 1. The van der Waals surface area contributed by atoms with Gasteiger partial charge in [0.2, 0.25) is 0 Å². The first-order chi connectivity index (χ1) is 12.8. The lowest BCUT2D eigenvalue weighted by atomic mass is 10.1. The molecule has 0 amide bonds. The summed E-state index contributed by atoms with van der Waals surface area (Å²) in [4.78, 5) is 4.56. The second-order valence-corrected chi connectivity index (χ2v) is 8.95. The molecule has 2 aromatic carbocycles. The van der Waals surface area contributed by atoms with E-state index in [9.17, 15) is 8.42 Å². The molecule has 1 heterocycles. The molecule has 0 radical (unpaired) electrons. The number of anilines is 1. The number of hydrogen-bond acceptors (Lipinski definition) is 4. The maximum absolute atomic E-state index is 13.0. The maximum Gasteiger partial charge on any atom is 0.262 e. The zero-order valence-electron chi connectivity index (χ0n) is 15.6. The number of benzene rings is 2. The summed E-state index contributed by atoms with van der Waals surface area (Å²) in [6, 6.07) is 11.0. The van der Waals surface area contributed by atoms with Crippen LogP contribution in [0.2, 0.25) is 0 Å². The van der Waals surface area contributed by atoms with E-state index in [-0.39, 0.29) is 4.90 Å². The second kappa shape index (κ2) is 6.53. The van der Waals surface area contributed by atoms with Gasteiger partial charge in [0, 0.05) is 17.2 Å². The highest BCUT2D eigenvalue weighted by molar-refractivity contribution is 7.92. The standard InChI is InChI=1S/C21H22N2O3S/c1-13-8-14(2)10-18(9-13)23-27(24,25)20-11-17(5-4-15(20)3)19-12-22-21(26-19)16-6-7-16/h4-5,8-12,16,23H,6-7H2,1-3H3. The van der Waals surface area contributed by atoms with Crippen molar-refractivity contribution in [2.24, 2.45) is 0 Å². The van der Waals surface area contributed by atoms with Crippen molar-refractivity contribution in [1.82, 2.24) is 4.98 Å². The average Bonchev–Trinajstić information content (AvgIpc) is 3.31. The minimum absolute atomic E-state index is 0.239. The minimum Gasteiger partial charge on any atom is -0.440 e. The van der Waals surface area contributed by atoms with E-state index in [4.69, 9.17) is 4.42 Å². The van der Waals surface area contributed by atoms with Gasteiger partial charge in [0.15, 0.2) is 11.7 Å². The molecule has 6 heteroatoms. The van der Waals surface area contributed by atoms with Gasteiger partial charge in [-0.05, 0) is 68.5 Å². The lowest BCUT2D eigenvalue weighted by molar-refractivity contribution is 0.509. The van der Waals surface area contributed by atoms with Crippen LogP contribution in [0, 0.1) is 20.8 Å². The Hall–Kier alpha value is -2.60. The Balaban J connectivity index is 1.68. The van der Waals surface area contributed by atoms with Gasteiger partial charge >= 0.3 is 0 Å². The molecule has 0 bridgehead atoms. The van der Waals surface area contributed by atoms with Crippen molar-refractivity contribution in [3.05, 3.63) is 65.2 Å². The Kier molecular flexibility index (Phi) is 4.30. The molecule has 0 saturated heterocycles. The fraction of sp³-hybridized carbons (Fsp3) is 0.286. The van der Waals surface area contributed by atoms with Gasteiger partial charge in [-0.25, -0.2) is 13.4 Å². The van der Waals surface area contributed by atoms with E-state index in [2.05, 4.69) is 9.71 Å². The van der Waals surface area contributed by atoms with Crippen LogP contribution in [0.1, 0.15) is 41.3 Å². The summed E-state index contributed by atoms with van der Waals surface area (Å²) >= 11 is 0. The summed E-state index contributed by atoms with van der Waals surface area (Å²) in [5.41, 5.74) is 3.96. The first-order valence-corrected chi connectivity index (χ1v) is 10.5. The molecule has 27 heavy (non-hydrogen) atoms. The van der Waals surface area contributed by atoms with E-state index in [0.29, 0.717) is 28.5 Å². The van der Waals surface area contributed by atoms with E-state index in [0.717, 1.165) is 29.9 Å². The Labute approximate surface area is 159 Å². The average molecular weight is 382 g/mol. The van der Waals surface area contributed by atoms with Gasteiger partial charge in [-0.3, -0.25) is 4.72 Å². The first kappa shape index (κ1) is 17.8. The summed E-state index contributed by atoms with van der Waals surface area (Å²) in [5.74, 6) is 1.75. The molecular weight excluding hydrogens is 360 g/mol. The van der Waals surface area contributed by atoms with Crippen LogP contribution in [0.25, 0.3) is 11.3 Å². The molecule has 1 aromatic heterocycles. The fourth-order valence-electron chi connectivity index (χ4n) is 3.23. The molecule has 1 fully saturated rings. The van der Waals surface area contributed by atoms with Crippen LogP contribution in [-0.4, -0.2) is 13.4 Å². The molecule has 0 spiro atoms. The number of nitrogens with one attached hydrogen (secondary N) is 1. The van der Waals surface area contributed by atoms with Crippen LogP contribution in [0.15, 0.2) is 51.9 Å². The third-order valence-corrected chi connectivity index (χ3v) is 6.21. The van der Waals surface area contributed by atoms with Crippen molar-refractivity contribution in [2.75, 3.05) is 4.72 Å². The largest absolute Gasteiger partial charge is 0.440 e. The molecule has 0 atom stereocenters. The van der Waals surface area contributed by atoms with Crippen molar-refractivity contribution in [1.29, 1.82) is 0 Å². The zero-order chi connectivity index (χ0) is 19.2. The molecular formula is C21H22N2O3S. The van der Waals surface area contributed by atoms with Crippen molar-refractivity contribution in [3.63, 3.8) is 0 Å². The molecule has 1 saturated carbocycles. The molecule has 5 nitrogen and oxygen atoms in total. The normalized spacial score (nSPS) is 14.3. The van der Waals surface area contributed by atoms with Crippen LogP contribution < -0.4 is 4.72 Å². The Morgan fingerprint density at radius 3 is 2.41 bits per heavy atom. The molecule has 3 aromatic rings. The molecule has 1 aliphatic rings. The molecule has 4 rings (SSSR count). The van der Waals surface area contributed by atoms with Gasteiger partial charge in [-0.15, -0.1) is 0 Å². The van der Waals surface area contributed by atoms with Crippen LogP contribution in [0.3, 0.4) is 0 Å². The molecule has 1 N–H and O–H groups in total. The number of hydrogen-bond donors (Lipinski definition) is 1. The van der Waals surface area contributed by atoms with Crippen LogP contribution in [0.4, 0.5) is 5.69 Å². The van der Waals surface area contributed by atoms with Crippen LogP contribution >= 0.6 is 0 Å². The maximum atomic E-state index is 13.0. The smallest absolute Gasteiger partial charge is 0.262 e. The lowest BCUT2D eigenvalue weighted by Gasteiger charge is -2.12. The summed E-state index contributed by atoms with van der Waals surface area (Å²) < 4.78 is 34.5. The van der Waals surface area contributed by atoms with Gasteiger partial charge in [0.25, 0.3) is 10.0 Å². The van der Waals surface area contributed by atoms with Crippen molar-refractivity contribution in [3.8, 4) is 11.3 Å². The van der Waals surface area contributed by atoms with E-state index in [1.807, 2.05) is 38.1 Å². The van der Waals surface area contributed by atoms with Gasteiger partial charge < -0.3 is 4.42 Å². The minimum atomic E-state index is -3.72. The summed E-state index contributed by atoms with van der Waals surface area (Å²) in [5, 5.41) is 0. The van der Waals surface area contributed by atoms with E-state index < -0.39 is 10.0 Å². The van der Waals surface area contributed by atoms with Gasteiger partial charge in [-0.1, -0.05) is 18.2 Å². The lowest BCUT2D eigenvalue weighted by Crippen LogP contribution is -2.14. The number of aryl methyl sites for hydroxylation is 3. The Morgan fingerprint density at radius 2 is 1.74 bits per heavy atom. The highest BCUT2D eigenvalue weighted by atomic mass is 32.2. The molecule has 0 unspecified atom stereocenters. The van der Waals surface area contributed by atoms with Crippen LogP contribution in [-0.2, 0) is 10.0 Å². The molecule has 140 valence electrons. The molecule has 0 aliphatic heterocycles. The highest BCUT2D eigenvalue weighted by Crippen LogP contribution is 2.40. The number of oxazole rings is 1. The topological polar surface area (TPSA) is 72.2 Å². The van der Waals surface area contributed by atoms with E-state index in [1.54, 1.807) is 25.3 Å².